The normalized spacial score (nSPS) is 18.9. The van der Waals surface area contributed by atoms with Crippen molar-refractivity contribution in [2.24, 2.45) is 0 Å². The number of hydrogen-bond donors (Lipinski definition) is 1. The number of ether oxygens (including phenoxy) is 1. The summed E-state index contributed by atoms with van der Waals surface area (Å²) in [6, 6.07) is 6.73. The Morgan fingerprint density at radius 2 is 1.80 bits per heavy atom. The van der Waals surface area contributed by atoms with Gasteiger partial charge in [-0.25, -0.2) is 0 Å². The summed E-state index contributed by atoms with van der Waals surface area (Å²) in [5.74, 6) is -0.507. The molecular weight excluding hydrogens is 338 g/mol. The van der Waals surface area contributed by atoms with Crippen molar-refractivity contribution < 1.29 is 32.0 Å². The molecule has 1 aromatic rings. The monoisotopic (exact) mass is 359 g/mol. The van der Waals surface area contributed by atoms with E-state index in [9.17, 15) is 18.0 Å². The first-order valence-corrected chi connectivity index (χ1v) is 7.81. The van der Waals surface area contributed by atoms with E-state index in [1.165, 1.54) is 0 Å². The summed E-state index contributed by atoms with van der Waals surface area (Å²) < 4.78 is 53.2. The van der Waals surface area contributed by atoms with E-state index in [-0.39, 0.29) is 0 Å². The van der Waals surface area contributed by atoms with Gasteiger partial charge >= 0.3 is 13.3 Å². The number of alkyl halides is 3. The van der Waals surface area contributed by atoms with Gasteiger partial charge in [0.1, 0.15) is 12.3 Å². The van der Waals surface area contributed by atoms with Crippen molar-refractivity contribution in [2.75, 3.05) is 13.2 Å². The zero-order valence-electron chi connectivity index (χ0n) is 14.6. The van der Waals surface area contributed by atoms with Gasteiger partial charge in [0.25, 0.3) is 5.91 Å². The van der Waals surface area contributed by atoms with Crippen molar-refractivity contribution in [2.45, 2.75) is 45.1 Å². The summed E-state index contributed by atoms with van der Waals surface area (Å²) in [5, 5.41) is 1.75. The maximum atomic E-state index is 12.0. The Hall–Kier alpha value is -1.74. The van der Waals surface area contributed by atoms with Crippen LogP contribution in [0.5, 0.6) is 5.75 Å². The lowest BCUT2D eigenvalue weighted by molar-refractivity contribution is -0.139. The molecule has 0 aromatic heterocycles. The molecule has 1 aliphatic rings. The summed E-state index contributed by atoms with van der Waals surface area (Å²) in [6.45, 7) is 5.82. The lowest BCUT2D eigenvalue weighted by Crippen LogP contribution is -2.41. The van der Waals surface area contributed by atoms with Crippen molar-refractivity contribution in [3.8, 4) is 5.75 Å². The van der Waals surface area contributed by atoms with E-state index in [1.54, 1.807) is 29.6 Å². The molecule has 5 nitrogen and oxygen atoms in total. The molecule has 0 spiro atoms. The van der Waals surface area contributed by atoms with Crippen LogP contribution in [0, 0.1) is 0 Å². The van der Waals surface area contributed by atoms with Gasteiger partial charge in [-0.2, -0.15) is 13.2 Å². The van der Waals surface area contributed by atoms with E-state index in [0.717, 1.165) is 0 Å². The second-order valence-corrected chi connectivity index (χ2v) is 6.84. The van der Waals surface area contributed by atoms with E-state index >= 15 is 0 Å². The zero-order valence-corrected chi connectivity index (χ0v) is 14.6. The number of hydrogen-bond acceptors (Lipinski definition) is 4. The molecular formula is C16H21BF3NO4. The fourth-order valence-electron chi connectivity index (χ4n) is 2.13. The average molecular weight is 359 g/mol. The standard InChI is InChI=1S/C16H21BF3NO4/c1-14(2)15(3,4)25-17(24-14)11-6-5-7-12(8-11)23-9-13(22)21-10-16(18,19)20/h5-8H,9-10H2,1-4H3,(H,21,22). The van der Waals surface area contributed by atoms with Crippen LogP contribution in [0.3, 0.4) is 0 Å². The summed E-state index contributed by atoms with van der Waals surface area (Å²) in [7, 11) is -0.590. The van der Waals surface area contributed by atoms with Gasteiger partial charge in [0, 0.05) is 0 Å². The second-order valence-electron chi connectivity index (χ2n) is 6.84. The SMILES string of the molecule is CC1(C)OB(c2cccc(OCC(=O)NCC(F)(F)F)c2)OC1(C)C. The van der Waals surface area contributed by atoms with E-state index < -0.39 is 43.6 Å². The molecule has 1 heterocycles. The number of carbonyl (C=O) groups excluding carboxylic acids is 1. The highest BCUT2D eigenvalue weighted by Gasteiger charge is 2.51. The van der Waals surface area contributed by atoms with E-state index in [4.69, 9.17) is 14.0 Å². The van der Waals surface area contributed by atoms with Gasteiger partial charge in [-0.3, -0.25) is 4.79 Å². The van der Waals surface area contributed by atoms with Gasteiger partial charge in [0.15, 0.2) is 6.61 Å². The Morgan fingerprint density at radius 1 is 1.20 bits per heavy atom. The van der Waals surface area contributed by atoms with Crippen molar-refractivity contribution in [3.63, 3.8) is 0 Å². The number of carbonyl (C=O) groups is 1. The first-order chi connectivity index (χ1) is 11.4. The fraction of sp³-hybridized carbons (Fsp3) is 0.562. The molecule has 0 unspecified atom stereocenters. The van der Waals surface area contributed by atoms with Crippen molar-refractivity contribution in [3.05, 3.63) is 24.3 Å². The third-order valence-electron chi connectivity index (χ3n) is 4.24. The highest BCUT2D eigenvalue weighted by atomic mass is 19.4. The number of rotatable bonds is 5. The van der Waals surface area contributed by atoms with Gasteiger partial charge in [-0.15, -0.1) is 0 Å². The summed E-state index contributed by atoms with van der Waals surface area (Å²) in [6.07, 6.45) is -4.45. The molecule has 2 rings (SSSR count). The molecule has 138 valence electrons. The molecule has 1 aromatic carbocycles. The molecule has 0 atom stereocenters. The predicted molar refractivity (Wildman–Crippen MR) is 86.7 cm³/mol. The van der Waals surface area contributed by atoms with Crippen LogP contribution in [0.15, 0.2) is 24.3 Å². The van der Waals surface area contributed by atoms with Crippen LogP contribution < -0.4 is 15.5 Å². The maximum Gasteiger partial charge on any atom is 0.494 e. The van der Waals surface area contributed by atoms with Gasteiger partial charge in [0.2, 0.25) is 0 Å². The Labute approximate surface area is 145 Å². The minimum Gasteiger partial charge on any atom is -0.484 e. The first-order valence-electron chi connectivity index (χ1n) is 7.81. The van der Waals surface area contributed by atoms with Gasteiger partial charge in [-0.05, 0) is 45.3 Å². The minimum atomic E-state index is -4.45. The lowest BCUT2D eigenvalue weighted by atomic mass is 9.79. The van der Waals surface area contributed by atoms with Crippen LogP contribution >= 0.6 is 0 Å². The molecule has 1 N–H and O–H groups in total. The molecule has 0 radical (unpaired) electrons. The third kappa shape index (κ3) is 5.12. The quantitative estimate of drug-likeness (QED) is 0.818. The van der Waals surface area contributed by atoms with Crippen molar-refractivity contribution >= 4 is 18.5 Å². The minimum absolute atomic E-state index is 0.342. The highest BCUT2D eigenvalue weighted by molar-refractivity contribution is 6.62. The largest absolute Gasteiger partial charge is 0.494 e. The number of halogens is 3. The van der Waals surface area contributed by atoms with Crippen LogP contribution in [-0.2, 0) is 14.1 Å². The Balaban J connectivity index is 1.95. The van der Waals surface area contributed by atoms with Crippen LogP contribution in [0.1, 0.15) is 27.7 Å². The molecule has 0 saturated carbocycles. The van der Waals surface area contributed by atoms with Gasteiger partial charge < -0.3 is 19.4 Å². The molecule has 25 heavy (non-hydrogen) atoms. The van der Waals surface area contributed by atoms with Gasteiger partial charge in [0.05, 0.1) is 11.2 Å². The lowest BCUT2D eigenvalue weighted by Gasteiger charge is -2.32. The Kier molecular flexibility index (Phi) is 5.39. The molecule has 1 saturated heterocycles. The predicted octanol–water partition coefficient (Wildman–Crippen LogP) is 2.04. The summed E-state index contributed by atoms with van der Waals surface area (Å²) in [4.78, 5) is 11.4. The summed E-state index contributed by atoms with van der Waals surface area (Å²) in [5.41, 5.74) is -0.287. The van der Waals surface area contributed by atoms with Crippen molar-refractivity contribution in [1.82, 2.24) is 5.32 Å². The van der Waals surface area contributed by atoms with E-state index in [1.807, 2.05) is 27.7 Å². The fourth-order valence-corrected chi connectivity index (χ4v) is 2.13. The van der Waals surface area contributed by atoms with E-state index in [0.29, 0.717) is 11.2 Å². The van der Waals surface area contributed by atoms with Crippen LogP contribution in [-0.4, -0.2) is 43.6 Å². The second kappa shape index (κ2) is 6.88. The Bertz CT molecular complexity index is 618. The van der Waals surface area contributed by atoms with E-state index in [2.05, 4.69) is 0 Å². The maximum absolute atomic E-state index is 12.0. The molecule has 1 aliphatic heterocycles. The Morgan fingerprint density at radius 3 is 2.36 bits per heavy atom. The number of benzene rings is 1. The van der Waals surface area contributed by atoms with Crippen molar-refractivity contribution in [1.29, 1.82) is 0 Å². The molecule has 1 fully saturated rings. The van der Waals surface area contributed by atoms with Crippen LogP contribution in [0.4, 0.5) is 13.2 Å². The average Bonchev–Trinajstić information content (AvgIpc) is 2.71. The van der Waals surface area contributed by atoms with Crippen LogP contribution in [0.2, 0.25) is 0 Å². The van der Waals surface area contributed by atoms with Gasteiger partial charge in [-0.1, -0.05) is 12.1 Å². The highest BCUT2D eigenvalue weighted by Crippen LogP contribution is 2.36. The smallest absolute Gasteiger partial charge is 0.484 e. The number of nitrogens with one attached hydrogen (secondary N) is 1. The summed E-state index contributed by atoms with van der Waals surface area (Å²) >= 11 is 0. The topological polar surface area (TPSA) is 56.8 Å². The zero-order chi connectivity index (χ0) is 18.9. The third-order valence-corrected chi connectivity index (χ3v) is 4.24. The molecule has 9 heteroatoms. The first kappa shape index (κ1) is 19.6. The number of amides is 1. The molecule has 0 bridgehead atoms. The van der Waals surface area contributed by atoms with Crippen LogP contribution in [0.25, 0.3) is 0 Å². The molecule has 1 amide bonds. The molecule has 0 aliphatic carbocycles.